The van der Waals surface area contributed by atoms with E-state index in [0.29, 0.717) is 56.0 Å². The number of thiocarbonyl (C=S) groups is 1. The molecule has 0 bridgehead atoms. The molecule has 0 aliphatic carbocycles. The summed E-state index contributed by atoms with van der Waals surface area (Å²) >= 11 is 5.28. The maximum atomic E-state index is 12.7. The number of hydrogen-bond donors (Lipinski definition) is 2. The van der Waals surface area contributed by atoms with Crippen LogP contribution in [0.3, 0.4) is 0 Å². The number of hydrogen-bond acceptors (Lipinski definition) is 7. The van der Waals surface area contributed by atoms with E-state index in [2.05, 4.69) is 29.7 Å². The molecule has 2 aromatic carbocycles. The Morgan fingerprint density at radius 3 is 2.54 bits per heavy atom. The first-order chi connectivity index (χ1) is 16.8. The van der Waals surface area contributed by atoms with E-state index in [4.69, 9.17) is 26.4 Å². The first-order valence-corrected chi connectivity index (χ1v) is 13.2. The van der Waals surface area contributed by atoms with Crippen molar-refractivity contribution in [2.45, 2.75) is 25.2 Å². The molecule has 1 aliphatic rings. The van der Waals surface area contributed by atoms with Crippen LogP contribution in [0.5, 0.6) is 11.5 Å². The fourth-order valence-electron chi connectivity index (χ4n) is 3.26. The maximum Gasteiger partial charge on any atom is 0.243 e. The standard InChI is InChI=1S/C24H32N4O5S2/c1-18(2)10-13-33-22-9-4-19(16-23(22)31-3)17-25-27-24(34)26-20-5-7-21(8-6-20)35(29,30)28-11-14-32-15-12-28/h4-9,16-18H,10-15H2,1-3H3,(H2,26,27,34). The summed E-state index contributed by atoms with van der Waals surface area (Å²) in [5.74, 6) is 1.89. The molecule has 0 aromatic heterocycles. The Morgan fingerprint density at radius 2 is 1.89 bits per heavy atom. The minimum absolute atomic E-state index is 0.229. The number of morpholine rings is 1. The monoisotopic (exact) mass is 520 g/mol. The third kappa shape index (κ3) is 7.89. The molecule has 3 rings (SSSR count). The fourth-order valence-corrected chi connectivity index (χ4v) is 4.84. The van der Waals surface area contributed by atoms with Crippen LogP contribution in [0.2, 0.25) is 0 Å². The first-order valence-electron chi connectivity index (χ1n) is 11.4. The third-order valence-electron chi connectivity index (χ3n) is 5.24. The molecule has 11 heteroatoms. The molecule has 0 radical (unpaired) electrons. The van der Waals surface area contributed by atoms with Crippen LogP contribution in [0.1, 0.15) is 25.8 Å². The molecule has 0 spiro atoms. The van der Waals surface area contributed by atoms with Gasteiger partial charge in [-0.3, -0.25) is 5.43 Å². The van der Waals surface area contributed by atoms with Gasteiger partial charge in [-0.1, -0.05) is 13.8 Å². The Labute approximate surface area is 212 Å². The number of sulfonamides is 1. The van der Waals surface area contributed by atoms with Gasteiger partial charge in [-0.15, -0.1) is 0 Å². The van der Waals surface area contributed by atoms with Crippen LogP contribution in [0, 0.1) is 5.92 Å². The summed E-state index contributed by atoms with van der Waals surface area (Å²) < 4.78 is 43.3. The molecule has 0 unspecified atom stereocenters. The van der Waals surface area contributed by atoms with E-state index in [0.717, 1.165) is 12.0 Å². The van der Waals surface area contributed by atoms with E-state index in [1.807, 2.05) is 18.2 Å². The summed E-state index contributed by atoms with van der Waals surface area (Å²) in [7, 11) is -1.94. The largest absolute Gasteiger partial charge is 0.493 e. The van der Waals surface area contributed by atoms with Crippen LogP contribution in [0.25, 0.3) is 0 Å². The predicted molar refractivity (Wildman–Crippen MR) is 141 cm³/mol. The van der Waals surface area contributed by atoms with Crippen molar-refractivity contribution in [2.75, 3.05) is 45.3 Å². The predicted octanol–water partition coefficient (Wildman–Crippen LogP) is 3.46. The average molecular weight is 521 g/mol. The highest BCUT2D eigenvalue weighted by atomic mass is 32.2. The van der Waals surface area contributed by atoms with Gasteiger partial charge in [0.15, 0.2) is 16.6 Å². The molecule has 9 nitrogen and oxygen atoms in total. The average Bonchev–Trinajstić information content (AvgIpc) is 2.85. The van der Waals surface area contributed by atoms with E-state index in [1.165, 1.54) is 4.31 Å². The third-order valence-corrected chi connectivity index (χ3v) is 7.35. The van der Waals surface area contributed by atoms with Gasteiger partial charge in [-0.25, -0.2) is 8.42 Å². The lowest BCUT2D eigenvalue weighted by atomic mass is 10.1. The SMILES string of the molecule is COc1cc(C=NNC(=S)Nc2ccc(S(=O)(=O)N3CCOCC3)cc2)ccc1OCCC(C)C. The van der Waals surface area contributed by atoms with Crippen molar-refractivity contribution < 1.29 is 22.6 Å². The molecular formula is C24H32N4O5S2. The lowest BCUT2D eigenvalue weighted by Gasteiger charge is -2.26. The molecular weight excluding hydrogens is 488 g/mol. The normalized spacial score (nSPS) is 14.7. The zero-order valence-electron chi connectivity index (χ0n) is 20.2. The van der Waals surface area contributed by atoms with Crippen molar-refractivity contribution in [1.29, 1.82) is 0 Å². The van der Waals surface area contributed by atoms with Crippen molar-refractivity contribution in [3.63, 3.8) is 0 Å². The summed E-state index contributed by atoms with van der Waals surface area (Å²) in [4.78, 5) is 0.229. The number of hydrazone groups is 1. The van der Waals surface area contributed by atoms with Gasteiger partial charge in [0.25, 0.3) is 0 Å². The Balaban J connectivity index is 1.53. The van der Waals surface area contributed by atoms with Crippen molar-refractivity contribution in [3.05, 3.63) is 48.0 Å². The van der Waals surface area contributed by atoms with Crippen LogP contribution in [-0.2, 0) is 14.8 Å². The van der Waals surface area contributed by atoms with Gasteiger partial charge in [0.2, 0.25) is 10.0 Å². The number of rotatable bonds is 10. The molecule has 1 heterocycles. The highest BCUT2D eigenvalue weighted by Gasteiger charge is 2.26. The van der Waals surface area contributed by atoms with Gasteiger partial charge in [-0.2, -0.15) is 9.41 Å². The molecule has 190 valence electrons. The van der Waals surface area contributed by atoms with Gasteiger partial charge in [0, 0.05) is 18.8 Å². The van der Waals surface area contributed by atoms with Gasteiger partial charge in [-0.05, 0) is 72.6 Å². The zero-order chi connectivity index (χ0) is 25.3. The number of methoxy groups -OCH3 is 1. The molecule has 0 amide bonds. The Hall–Kier alpha value is -2.73. The van der Waals surface area contributed by atoms with Crippen LogP contribution >= 0.6 is 12.2 Å². The van der Waals surface area contributed by atoms with Crippen molar-refractivity contribution in [2.24, 2.45) is 11.0 Å². The smallest absolute Gasteiger partial charge is 0.243 e. The molecule has 0 atom stereocenters. The highest BCUT2D eigenvalue weighted by Crippen LogP contribution is 2.28. The second kappa shape index (κ2) is 12.8. The quantitative estimate of drug-likeness (QED) is 0.279. The maximum absolute atomic E-state index is 12.7. The lowest BCUT2D eigenvalue weighted by molar-refractivity contribution is 0.0730. The van der Waals surface area contributed by atoms with E-state index in [1.54, 1.807) is 37.6 Å². The van der Waals surface area contributed by atoms with E-state index < -0.39 is 10.0 Å². The second-order valence-corrected chi connectivity index (χ2v) is 10.7. The molecule has 1 fully saturated rings. The summed E-state index contributed by atoms with van der Waals surface area (Å²) in [6, 6.07) is 12.0. The molecule has 0 saturated carbocycles. The van der Waals surface area contributed by atoms with Crippen molar-refractivity contribution >= 4 is 39.3 Å². The summed E-state index contributed by atoms with van der Waals surface area (Å²) in [6.07, 6.45) is 2.58. The first kappa shape index (κ1) is 26.9. The van der Waals surface area contributed by atoms with Crippen LogP contribution in [0.4, 0.5) is 5.69 Å². The number of benzene rings is 2. The Bertz CT molecular complexity index is 1120. The van der Waals surface area contributed by atoms with Crippen LogP contribution < -0.4 is 20.2 Å². The number of ether oxygens (including phenoxy) is 3. The molecule has 35 heavy (non-hydrogen) atoms. The molecule has 1 saturated heterocycles. The van der Waals surface area contributed by atoms with Gasteiger partial charge in [0.05, 0.1) is 38.0 Å². The van der Waals surface area contributed by atoms with Gasteiger partial charge in [0.1, 0.15) is 0 Å². The van der Waals surface area contributed by atoms with E-state index in [-0.39, 0.29) is 10.0 Å². The van der Waals surface area contributed by atoms with E-state index in [9.17, 15) is 8.42 Å². The summed E-state index contributed by atoms with van der Waals surface area (Å²) in [5.41, 5.74) is 4.21. The van der Waals surface area contributed by atoms with Crippen molar-refractivity contribution in [1.82, 2.24) is 9.73 Å². The minimum atomic E-state index is -3.54. The second-order valence-electron chi connectivity index (χ2n) is 8.31. The number of nitrogens with zero attached hydrogens (tertiary/aromatic N) is 2. The highest BCUT2D eigenvalue weighted by molar-refractivity contribution is 7.89. The van der Waals surface area contributed by atoms with Gasteiger partial charge < -0.3 is 19.5 Å². The topological polar surface area (TPSA) is 101 Å². The lowest BCUT2D eigenvalue weighted by Crippen LogP contribution is -2.40. The molecule has 2 N–H and O–H groups in total. The Morgan fingerprint density at radius 1 is 1.17 bits per heavy atom. The Kier molecular flexibility index (Phi) is 9.84. The summed E-state index contributed by atoms with van der Waals surface area (Å²) in [6.45, 7) is 6.45. The van der Waals surface area contributed by atoms with Gasteiger partial charge >= 0.3 is 0 Å². The molecule has 1 aliphatic heterocycles. The fraction of sp³-hybridized carbons (Fsp3) is 0.417. The van der Waals surface area contributed by atoms with E-state index >= 15 is 0 Å². The summed E-state index contributed by atoms with van der Waals surface area (Å²) in [5, 5.41) is 7.41. The van der Waals surface area contributed by atoms with Crippen LogP contribution in [-0.4, -0.2) is 64.1 Å². The van der Waals surface area contributed by atoms with Crippen LogP contribution in [0.15, 0.2) is 52.5 Å². The zero-order valence-corrected chi connectivity index (χ0v) is 21.8. The minimum Gasteiger partial charge on any atom is -0.493 e. The number of nitrogens with one attached hydrogen (secondary N) is 2. The molecule has 2 aromatic rings. The van der Waals surface area contributed by atoms with Crippen molar-refractivity contribution in [3.8, 4) is 11.5 Å². The number of anilines is 1.